The molecule has 1 N–H and O–H groups in total. The SMILES string of the molecule is CC.COc1ccccc1N1CCN(CCCCN2C(=O)CN(CCO)C2=O)CC1. The van der Waals surface area contributed by atoms with Gasteiger partial charge in [-0.1, -0.05) is 26.0 Å². The number of benzene rings is 1. The number of rotatable bonds is 9. The first-order valence-corrected chi connectivity index (χ1v) is 10.9. The summed E-state index contributed by atoms with van der Waals surface area (Å²) >= 11 is 0. The highest BCUT2D eigenvalue weighted by Crippen LogP contribution is 2.28. The largest absolute Gasteiger partial charge is 0.495 e. The summed E-state index contributed by atoms with van der Waals surface area (Å²) in [5, 5.41) is 8.96. The second-order valence-corrected chi connectivity index (χ2v) is 7.18. The molecule has 0 saturated carbocycles. The monoisotopic (exact) mass is 420 g/mol. The van der Waals surface area contributed by atoms with Gasteiger partial charge in [0.05, 0.1) is 19.4 Å². The molecule has 8 nitrogen and oxygen atoms in total. The van der Waals surface area contributed by atoms with Gasteiger partial charge < -0.3 is 19.6 Å². The number of methoxy groups -OCH3 is 1. The van der Waals surface area contributed by atoms with Crippen LogP contribution in [0.4, 0.5) is 10.5 Å². The van der Waals surface area contributed by atoms with Crippen molar-refractivity contribution < 1.29 is 19.4 Å². The van der Waals surface area contributed by atoms with Crippen molar-refractivity contribution in [2.75, 3.05) is 71.0 Å². The first-order chi connectivity index (χ1) is 14.6. The van der Waals surface area contributed by atoms with E-state index < -0.39 is 0 Å². The number of para-hydroxylation sites is 2. The van der Waals surface area contributed by atoms with Crippen LogP contribution in [-0.4, -0.2) is 97.8 Å². The van der Waals surface area contributed by atoms with Crippen LogP contribution >= 0.6 is 0 Å². The second-order valence-electron chi connectivity index (χ2n) is 7.18. The number of carbonyl (C=O) groups is 2. The van der Waals surface area contributed by atoms with Gasteiger partial charge in [0.2, 0.25) is 5.91 Å². The topological polar surface area (TPSA) is 76.6 Å². The average Bonchev–Trinajstić information content (AvgIpc) is 3.06. The molecule has 2 aliphatic heterocycles. The molecule has 3 rings (SSSR count). The molecule has 0 aliphatic carbocycles. The first-order valence-electron chi connectivity index (χ1n) is 10.9. The summed E-state index contributed by atoms with van der Waals surface area (Å²) in [6.07, 6.45) is 1.75. The van der Waals surface area contributed by atoms with Crippen LogP contribution in [0.15, 0.2) is 24.3 Å². The van der Waals surface area contributed by atoms with Gasteiger partial charge in [-0.3, -0.25) is 14.6 Å². The van der Waals surface area contributed by atoms with Gasteiger partial charge in [0, 0.05) is 39.3 Å². The number of hydrogen-bond donors (Lipinski definition) is 1. The third-order valence-electron chi connectivity index (χ3n) is 5.40. The number of carbonyl (C=O) groups excluding carboxylic acids is 2. The standard InChI is InChI=1S/C20H30N4O4.C2H6/c1-28-18-7-3-2-6-17(18)22-12-10-21(11-13-22)8-4-5-9-24-19(26)16-23(14-15-25)20(24)27;1-2/h2-3,6-7,25H,4-5,8-16H2,1H3;1-2H3. The summed E-state index contributed by atoms with van der Waals surface area (Å²) in [5.74, 6) is 0.745. The maximum absolute atomic E-state index is 12.1. The number of piperazine rings is 1. The van der Waals surface area contributed by atoms with Crippen LogP contribution < -0.4 is 9.64 Å². The zero-order valence-electron chi connectivity index (χ0n) is 18.5. The third kappa shape index (κ3) is 6.09. The van der Waals surface area contributed by atoms with Crippen molar-refractivity contribution in [1.29, 1.82) is 0 Å². The van der Waals surface area contributed by atoms with E-state index in [0.29, 0.717) is 6.54 Å². The molecule has 168 valence electrons. The zero-order chi connectivity index (χ0) is 21.9. The molecule has 0 aromatic heterocycles. The predicted octanol–water partition coefficient (Wildman–Crippen LogP) is 1.88. The fourth-order valence-corrected chi connectivity index (χ4v) is 3.82. The van der Waals surface area contributed by atoms with Crippen LogP contribution in [0.1, 0.15) is 26.7 Å². The maximum atomic E-state index is 12.1. The van der Waals surface area contributed by atoms with Gasteiger partial charge in [0.15, 0.2) is 0 Å². The van der Waals surface area contributed by atoms with Crippen molar-refractivity contribution in [3.05, 3.63) is 24.3 Å². The fraction of sp³-hybridized carbons (Fsp3) is 0.636. The Morgan fingerprint density at radius 3 is 2.30 bits per heavy atom. The van der Waals surface area contributed by atoms with Crippen LogP contribution in [0.2, 0.25) is 0 Å². The minimum Gasteiger partial charge on any atom is -0.495 e. The van der Waals surface area contributed by atoms with Gasteiger partial charge in [-0.25, -0.2) is 4.79 Å². The van der Waals surface area contributed by atoms with E-state index in [0.717, 1.165) is 57.0 Å². The number of amides is 3. The van der Waals surface area contributed by atoms with Crippen LogP contribution in [0.5, 0.6) is 5.75 Å². The Labute approximate surface area is 180 Å². The lowest BCUT2D eigenvalue weighted by atomic mass is 10.2. The Bertz CT molecular complexity index is 677. The van der Waals surface area contributed by atoms with E-state index in [2.05, 4.69) is 15.9 Å². The van der Waals surface area contributed by atoms with Crippen molar-refractivity contribution in [2.24, 2.45) is 0 Å². The van der Waals surface area contributed by atoms with Crippen molar-refractivity contribution in [3.63, 3.8) is 0 Å². The number of urea groups is 1. The number of β-amino-alcohol motifs (C(OH)–C–C–N with tert-alkyl or cyclic N) is 1. The lowest BCUT2D eigenvalue weighted by Crippen LogP contribution is -2.46. The van der Waals surface area contributed by atoms with Gasteiger partial charge in [0.1, 0.15) is 12.3 Å². The molecule has 0 spiro atoms. The molecule has 0 unspecified atom stereocenters. The minimum absolute atomic E-state index is 0.0876. The highest BCUT2D eigenvalue weighted by molar-refractivity contribution is 6.01. The maximum Gasteiger partial charge on any atom is 0.327 e. The smallest absolute Gasteiger partial charge is 0.327 e. The summed E-state index contributed by atoms with van der Waals surface area (Å²) < 4.78 is 5.46. The van der Waals surface area contributed by atoms with E-state index in [1.807, 2.05) is 32.0 Å². The third-order valence-corrected chi connectivity index (χ3v) is 5.40. The highest BCUT2D eigenvalue weighted by Gasteiger charge is 2.34. The Balaban J connectivity index is 0.00000155. The van der Waals surface area contributed by atoms with E-state index in [1.165, 1.54) is 9.80 Å². The zero-order valence-corrected chi connectivity index (χ0v) is 18.5. The lowest BCUT2D eigenvalue weighted by molar-refractivity contribution is -0.125. The van der Waals surface area contributed by atoms with Gasteiger partial charge in [0.25, 0.3) is 0 Å². The molecule has 0 atom stereocenters. The molecular formula is C22H36N4O4. The van der Waals surface area contributed by atoms with Gasteiger partial charge in [-0.15, -0.1) is 0 Å². The summed E-state index contributed by atoms with van der Waals surface area (Å²) in [6.45, 7) is 9.51. The fourth-order valence-electron chi connectivity index (χ4n) is 3.82. The van der Waals surface area contributed by atoms with Crippen molar-refractivity contribution in [1.82, 2.24) is 14.7 Å². The summed E-state index contributed by atoms with van der Waals surface area (Å²) in [5.41, 5.74) is 1.14. The molecule has 2 aliphatic rings. The minimum atomic E-state index is -0.274. The molecule has 1 aromatic rings. The molecule has 2 fully saturated rings. The summed E-state index contributed by atoms with van der Waals surface area (Å²) in [4.78, 5) is 31.6. The molecule has 2 saturated heterocycles. The Morgan fingerprint density at radius 1 is 0.967 bits per heavy atom. The number of unbranched alkanes of at least 4 members (excludes halogenated alkanes) is 1. The molecule has 1 aromatic carbocycles. The predicted molar refractivity (Wildman–Crippen MR) is 118 cm³/mol. The van der Waals surface area contributed by atoms with Crippen molar-refractivity contribution in [2.45, 2.75) is 26.7 Å². The van der Waals surface area contributed by atoms with E-state index in [1.54, 1.807) is 7.11 Å². The van der Waals surface area contributed by atoms with Crippen LogP contribution in [0.3, 0.4) is 0 Å². The quantitative estimate of drug-likeness (QED) is 0.486. The lowest BCUT2D eigenvalue weighted by Gasteiger charge is -2.36. The number of nitrogens with zero attached hydrogens (tertiary/aromatic N) is 4. The number of anilines is 1. The normalized spacial score (nSPS) is 17.3. The van der Waals surface area contributed by atoms with E-state index >= 15 is 0 Å². The number of hydrogen-bond acceptors (Lipinski definition) is 6. The molecule has 8 heteroatoms. The van der Waals surface area contributed by atoms with Crippen molar-refractivity contribution >= 4 is 17.6 Å². The summed E-state index contributed by atoms with van der Waals surface area (Å²) in [7, 11) is 1.70. The molecule has 3 amide bonds. The summed E-state index contributed by atoms with van der Waals surface area (Å²) in [6, 6.07) is 7.83. The first kappa shape index (κ1) is 24.0. The average molecular weight is 421 g/mol. The van der Waals surface area contributed by atoms with Gasteiger partial charge in [-0.2, -0.15) is 0 Å². The second kappa shape index (κ2) is 12.4. The van der Waals surface area contributed by atoms with Crippen LogP contribution in [-0.2, 0) is 4.79 Å². The number of aliphatic hydroxyl groups excluding tert-OH is 1. The number of aliphatic hydroxyl groups is 1. The Hall–Kier alpha value is -2.32. The van der Waals surface area contributed by atoms with Crippen molar-refractivity contribution in [3.8, 4) is 5.75 Å². The van der Waals surface area contributed by atoms with Crippen LogP contribution in [0, 0.1) is 0 Å². The molecule has 2 heterocycles. The van der Waals surface area contributed by atoms with Gasteiger partial charge in [-0.05, 0) is 31.5 Å². The van der Waals surface area contributed by atoms with E-state index in [9.17, 15) is 9.59 Å². The number of imide groups is 1. The molecule has 0 bridgehead atoms. The highest BCUT2D eigenvalue weighted by atomic mass is 16.5. The van der Waals surface area contributed by atoms with E-state index in [-0.39, 0.29) is 31.6 Å². The Morgan fingerprint density at radius 2 is 1.63 bits per heavy atom. The molecular weight excluding hydrogens is 384 g/mol. The van der Waals surface area contributed by atoms with Gasteiger partial charge >= 0.3 is 6.03 Å². The van der Waals surface area contributed by atoms with E-state index in [4.69, 9.17) is 9.84 Å². The van der Waals surface area contributed by atoms with Crippen LogP contribution in [0.25, 0.3) is 0 Å². The molecule has 30 heavy (non-hydrogen) atoms. The Kier molecular flexibility index (Phi) is 9.89. The number of ether oxygens (including phenoxy) is 1. The molecule has 0 radical (unpaired) electrons.